The van der Waals surface area contributed by atoms with Gasteiger partial charge in [-0.2, -0.15) is 0 Å². The number of aromatic amines is 1. The van der Waals surface area contributed by atoms with Gasteiger partial charge in [-0.05, 0) is 242 Å². The number of phenolic OH excluding ortho intramolecular Hbond substituents is 2. The van der Waals surface area contributed by atoms with Crippen molar-refractivity contribution in [3.05, 3.63) is 159 Å². The van der Waals surface area contributed by atoms with Gasteiger partial charge in [0.05, 0.1) is 37.0 Å². The molecule has 2 spiro atoms. The summed E-state index contributed by atoms with van der Waals surface area (Å²) in [6.45, 7) is 0.313. The number of carbonyl (C=O) groups is 2. The molecule has 2 aliphatic heterocycles. The zero-order valence-corrected chi connectivity index (χ0v) is 56.8. The number of H-pyrrole nitrogens is 1. The lowest BCUT2D eigenvalue weighted by Gasteiger charge is -2.58. The van der Waals surface area contributed by atoms with Crippen molar-refractivity contribution >= 4 is 54.7 Å². The van der Waals surface area contributed by atoms with Crippen LogP contribution in [-0.2, 0) is 36.2 Å². The monoisotopic (exact) mass is 1330 g/mol. The number of allylic oxidation sites excluding steroid dienone is 2. The van der Waals surface area contributed by atoms with E-state index in [0.29, 0.717) is 107 Å². The summed E-state index contributed by atoms with van der Waals surface area (Å²) in [7, 11) is 7.15. The Hall–Kier alpha value is -4.60. The van der Waals surface area contributed by atoms with Gasteiger partial charge in [-0.15, -0.1) is 0 Å². The third kappa shape index (κ3) is 12.0. The van der Waals surface area contributed by atoms with Crippen molar-refractivity contribution in [2.45, 2.75) is 170 Å². The normalized spacial score (nSPS) is 35.0. The number of Topliss-reactive ketones (excluding diaryl/α,β-unsaturated/α-hetero) is 1. The summed E-state index contributed by atoms with van der Waals surface area (Å²) in [5, 5.41) is 63.1. The van der Waals surface area contributed by atoms with E-state index < -0.39 is 28.7 Å². The Balaban J connectivity index is 0.815. The molecule has 4 aromatic carbocycles. The molecule has 492 valence electrons. The first kappa shape index (κ1) is 64.4. The summed E-state index contributed by atoms with van der Waals surface area (Å²) in [4.78, 5) is 32.5. The molecule has 15 atom stereocenters. The highest BCUT2D eigenvalue weighted by molar-refractivity contribution is 8.77. The van der Waals surface area contributed by atoms with Crippen molar-refractivity contribution < 1.29 is 39.9 Å². The van der Waals surface area contributed by atoms with E-state index in [-0.39, 0.29) is 84.6 Å². The van der Waals surface area contributed by atoms with Gasteiger partial charge in [-0.3, -0.25) is 9.59 Å². The molecule has 8 fully saturated rings. The average Bonchev–Trinajstić information content (AvgIpc) is 1.56. The number of fused-ring (bicyclic) bond motifs is 12. The number of carbonyl (C=O) groups excluding carboxylic acids is 2. The summed E-state index contributed by atoms with van der Waals surface area (Å²) in [6, 6.07) is 25.7. The van der Waals surface area contributed by atoms with Crippen LogP contribution in [0.25, 0.3) is 0 Å². The maximum absolute atomic E-state index is 14.6. The molecule has 15 unspecified atom stereocenters. The smallest absolute Gasteiger partial charge is 0.165 e. The Morgan fingerprint density at radius 2 is 1.55 bits per heavy atom. The van der Waals surface area contributed by atoms with E-state index in [4.69, 9.17) is 16.2 Å². The molecule has 1 saturated heterocycles. The van der Waals surface area contributed by atoms with E-state index >= 15 is 0 Å². The zero-order valence-electron chi connectivity index (χ0n) is 53.6. The number of aromatic hydroxyl groups is 2. The van der Waals surface area contributed by atoms with Crippen LogP contribution >= 0.6 is 43.2 Å². The molecule has 3 heterocycles. The number of aliphatic hydroxyl groups excluding tert-OH is 1. The van der Waals surface area contributed by atoms with Crippen LogP contribution in [-0.4, -0.2) is 83.8 Å². The number of ketones is 2. The van der Waals surface area contributed by atoms with Crippen LogP contribution in [0, 0.1) is 81.8 Å². The van der Waals surface area contributed by atoms with Crippen LogP contribution in [0.4, 0.5) is 0 Å². The Labute approximate surface area is 565 Å². The van der Waals surface area contributed by atoms with Crippen molar-refractivity contribution in [3.63, 3.8) is 0 Å². The summed E-state index contributed by atoms with van der Waals surface area (Å²) >= 11 is 0. The highest BCUT2D eigenvalue weighted by Crippen LogP contribution is 2.72. The molecule has 10 N–H and O–H groups in total. The number of hydrogen-bond acceptors (Lipinski definition) is 14. The standard InChI is InChI=1S/C78H93N3O8S4/c79-74(80)60-35-49-7-5-9-68-58(23-30-81-68)71(86)38-62-59(49)37-51(60)41-90-91-42-53-39-75(27-20-54(83)15-10-46-12-19-70(85)72(33-46)89-31-24-47-11-18-69(84)63(62)32-47)28-21-57-61-36-48-6-1-2-8-55(48)64(40-82)65(43-92-93-45-77(53,87)44-75)56(61)16-14-52-34-50-13-17-66(57)78(52,88)67-22-29-76(73(50)67)25-3-4-26-76/h1-2,6,8,11-12,18-20,23,27,30,32-33,35,37,50,52-53,56-57,61-62,64-67,73-74,81-82,84-85,87-88H,3-4,9-10,13-17,21-22,24-26,28-29,31,34,36,38-45,79-80H2. The zero-order chi connectivity index (χ0) is 63.8. The van der Waals surface area contributed by atoms with Gasteiger partial charge in [0.1, 0.15) is 5.75 Å². The molecule has 11 nitrogen and oxygen atoms in total. The number of aliphatic hydroxyl groups is 3. The number of aryl methyl sites for hydroxylation is 1. The van der Waals surface area contributed by atoms with E-state index in [0.717, 1.165) is 90.6 Å². The van der Waals surface area contributed by atoms with E-state index in [9.17, 15) is 35.1 Å². The van der Waals surface area contributed by atoms with Crippen LogP contribution in [0.5, 0.6) is 17.2 Å². The Kier molecular flexibility index (Phi) is 18.2. The molecule has 16 rings (SSSR count). The lowest BCUT2D eigenvalue weighted by molar-refractivity contribution is -0.187. The predicted octanol–water partition coefficient (Wildman–Crippen LogP) is 14.5. The van der Waals surface area contributed by atoms with Gasteiger partial charge in [0.2, 0.25) is 0 Å². The fourth-order valence-electron chi connectivity index (χ4n) is 21.7. The van der Waals surface area contributed by atoms with Gasteiger partial charge in [-0.1, -0.05) is 122 Å². The van der Waals surface area contributed by atoms with E-state index in [1.54, 1.807) is 50.7 Å². The number of benzene rings is 4. The molecular formula is C78H93N3O8S4. The lowest BCUT2D eigenvalue weighted by atomic mass is 9.49. The predicted molar refractivity (Wildman–Crippen MR) is 375 cm³/mol. The summed E-state index contributed by atoms with van der Waals surface area (Å²) in [6.07, 6.45) is 23.7. The van der Waals surface area contributed by atoms with Crippen LogP contribution < -0.4 is 16.2 Å². The van der Waals surface area contributed by atoms with Gasteiger partial charge >= 0.3 is 0 Å². The first-order valence-corrected chi connectivity index (χ1v) is 40.1. The van der Waals surface area contributed by atoms with Crippen LogP contribution in [0.1, 0.15) is 193 Å². The fourth-order valence-corrected chi connectivity index (χ4v) is 27.2. The maximum Gasteiger partial charge on any atom is 0.165 e. The van der Waals surface area contributed by atoms with E-state index in [1.807, 2.05) is 53.3 Å². The highest BCUT2D eigenvalue weighted by atomic mass is 33.1. The minimum atomic E-state index is -1.08. The number of hydrogen-bond donors (Lipinski definition) is 8. The largest absolute Gasteiger partial charge is 0.508 e. The molecule has 1 aromatic heterocycles. The topological polar surface area (TPSA) is 212 Å². The second-order valence-electron chi connectivity index (χ2n) is 30.4. The highest BCUT2D eigenvalue weighted by Gasteiger charge is 2.68. The summed E-state index contributed by atoms with van der Waals surface area (Å²) < 4.78 is 6.33. The van der Waals surface area contributed by atoms with Gasteiger partial charge in [-0.25, -0.2) is 0 Å². The van der Waals surface area contributed by atoms with E-state index in [1.165, 1.54) is 49.7 Å². The molecule has 5 aromatic rings. The molecule has 0 radical (unpaired) electrons. The van der Waals surface area contributed by atoms with Crippen molar-refractivity contribution in [1.29, 1.82) is 0 Å². The number of ether oxygens (including phenoxy) is 1. The van der Waals surface area contributed by atoms with Gasteiger partial charge < -0.3 is 46.7 Å². The summed E-state index contributed by atoms with van der Waals surface area (Å²) in [5.74, 6) is 12.1. The van der Waals surface area contributed by atoms with Gasteiger partial charge in [0, 0.05) is 82.7 Å². The Bertz CT molecular complexity index is 3740. The molecule has 11 aliphatic rings. The van der Waals surface area contributed by atoms with Crippen LogP contribution in [0.2, 0.25) is 0 Å². The Morgan fingerprint density at radius 3 is 2.40 bits per heavy atom. The molecular weight excluding hydrogens is 1240 g/mol. The summed E-state index contributed by atoms with van der Waals surface area (Å²) in [5.41, 5.74) is 20.9. The lowest BCUT2D eigenvalue weighted by Crippen LogP contribution is -2.60. The van der Waals surface area contributed by atoms with Gasteiger partial charge in [0.15, 0.2) is 23.1 Å². The Morgan fingerprint density at radius 1 is 0.720 bits per heavy atom. The third-order valence-corrected chi connectivity index (χ3v) is 30.8. The quantitative estimate of drug-likeness (QED) is 0.0470. The number of nitrogens with two attached hydrogens (primary N) is 2. The van der Waals surface area contributed by atoms with Crippen molar-refractivity contribution in [1.82, 2.24) is 4.98 Å². The minimum absolute atomic E-state index is 0.000317. The number of nitrogens with one attached hydrogen (secondary N) is 1. The van der Waals surface area contributed by atoms with Crippen LogP contribution in [0.3, 0.4) is 0 Å². The first-order valence-electron chi connectivity index (χ1n) is 35.1. The first-order chi connectivity index (χ1) is 45.1. The van der Waals surface area contributed by atoms with Gasteiger partial charge in [0.25, 0.3) is 0 Å². The average molecular weight is 1330 g/mol. The van der Waals surface area contributed by atoms with Crippen LogP contribution in [0.15, 0.2) is 97.2 Å². The van der Waals surface area contributed by atoms with Crippen molar-refractivity contribution in [2.75, 3.05) is 30.5 Å². The van der Waals surface area contributed by atoms with E-state index in [2.05, 4.69) is 53.2 Å². The minimum Gasteiger partial charge on any atom is -0.508 e. The van der Waals surface area contributed by atoms with Crippen molar-refractivity contribution in [3.8, 4) is 29.1 Å². The molecule has 93 heavy (non-hydrogen) atoms. The maximum atomic E-state index is 14.6. The van der Waals surface area contributed by atoms with Crippen molar-refractivity contribution in [2.24, 2.45) is 81.5 Å². The number of aromatic nitrogens is 1. The third-order valence-electron chi connectivity index (χ3n) is 25.9. The second kappa shape index (κ2) is 26.3. The second-order valence-corrected chi connectivity index (χ2v) is 35.4. The number of phenols is 2. The molecule has 7 saturated carbocycles. The SMILES string of the molecule is NC(N)c1cc2c3cc1CSSCC1CC4(C=CC(=O)CCc5ccc(O)c(c5)OCCc5ccc(O)c(c5)C3CC(=O)c3cc[nH]c3CC#C2)CCC2C3Cc5ccccc5C(CO)C(CSSCC1(O)C4)C3CCC1CC3CCC2C1(O)C1CCC2(CCCC2)C31. The number of rotatable bonds is 2. The fraction of sp³-hybridized carbons (Fsp3) is 0.564. The molecule has 0 amide bonds. The molecule has 15 heteroatoms. The molecule has 9 aliphatic carbocycles. The molecule has 17 bridgehead atoms.